The molecule has 2 N–H and O–H groups in total. The van der Waals surface area contributed by atoms with Gasteiger partial charge in [0.15, 0.2) is 0 Å². The molecule has 0 spiro atoms. The number of phenolic OH excluding ortho intramolecular Hbond substituents is 1. The van der Waals surface area contributed by atoms with E-state index in [-0.39, 0.29) is 5.41 Å². The summed E-state index contributed by atoms with van der Waals surface area (Å²) in [6, 6.07) is 6.02. The molecule has 3 aliphatic rings. The first-order chi connectivity index (χ1) is 12.0. The van der Waals surface area contributed by atoms with Crippen LogP contribution in [0, 0.1) is 17.3 Å². The number of rotatable bonds is 4. The van der Waals surface area contributed by atoms with Crippen LogP contribution in [-0.4, -0.2) is 15.8 Å². The maximum Gasteiger partial charge on any atom is 0.115 e. The predicted octanol–water partition coefficient (Wildman–Crippen LogP) is 5.56. The summed E-state index contributed by atoms with van der Waals surface area (Å²) in [5.41, 5.74) is 2.52. The van der Waals surface area contributed by atoms with Crippen molar-refractivity contribution in [1.29, 1.82) is 0 Å². The second-order valence-electron chi connectivity index (χ2n) is 9.28. The molecule has 0 aromatic heterocycles. The van der Waals surface area contributed by atoms with E-state index < -0.39 is 5.60 Å². The molecule has 4 rings (SSSR count). The lowest BCUT2D eigenvalue weighted by Crippen LogP contribution is -2.50. The van der Waals surface area contributed by atoms with Gasteiger partial charge in [-0.3, -0.25) is 0 Å². The second kappa shape index (κ2) is 6.30. The minimum atomic E-state index is -0.437. The fourth-order valence-corrected chi connectivity index (χ4v) is 6.76. The van der Waals surface area contributed by atoms with Gasteiger partial charge in [-0.1, -0.05) is 39.2 Å². The Morgan fingerprint density at radius 2 is 1.96 bits per heavy atom. The van der Waals surface area contributed by atoms with Crippen LogP contribution in [0.5, 0.6) is 5.75 Å². The number of aryl methyl sites for hydroxylation is 1. The smallest absolute Gasteiger partial charge is 0.115 e. The van der Waals surface area contributed by atoms with E-state index in [2.05, 4.69) is 19.9 Å². The third kappa shape index (κ3) is 2.63. The number of aromatic hydroxyl groups is 1. The van der Waals surface area contributed by atoms with Crippen LogP contribution in [0.25, 0.3) is 0 Å². The van der Waals surface area contributed by atoms with Crippen molar-refractivity contribution in [2.45, 2.75) is 89.6 Å². The molecule has 1 aromatic rings. The van der Waals surface area contributed by atoms with E-state index in [9.17, 15) is 10.2 Å². The number of benzene rings is 1. The van der Waals surface area contributed by atoms with Crippen LogP contribution in [0.2, 0.25) is 0 Å². The van der Waals surface area contributed by atoms with Gasteiger partial charge in [0.2, 0.25) is 0 Å². The van der Waals surface area contributed by atoms with Gasteiger partial charge in [-0.15, -0.1) is 0 Å². The Balaban J connectivity index is 1.59. The molecular formula is C23H34O2. The van der Waals surface area contributed by atoms with E-state index in [1.54, 1.807) is 0 Å². The van der Waals surface area contributed by atoms with Crippen LogP contribution < -0.4 is 0 Å². The molecule has 0 heterocycles. The van der Waals surface area contributed by atoms with Crippen molar-refractivity contribution in [3.63, 3.8) is 0 Å². The zero-order chi connectivity index (χ0) is 17.7. The van der Waals surface area contributed by atoms with Gasteiger partial charge in [0.1, 0.15) is 5.75 Å². The molecular weight excluding hydrogens is 308 g/mol. The highest BCUT2D eigenvalue weighted by Crippen LogP contribution is 2.65. The maximum absolute atomic E-state index is 11.6. The van der Waals surface area contributed by atoms with Crippen molar-refractivity contribution in [1.82, 2.24) is 0 Å². The average Bonchev–Trinajstić information content (AvgIpc) is 2.86. The summed E-state index contributed by atoms with van der Waals surface area (Å²) in [4.78, 5) is 0. The largest absolute Gasteiger partial charge is 0.508 e. The van der Waals surface area contributed by atoms with Crippen molar-refractivity contribution in [3.05, 3.63) is 29.3 Å². The van der Waals surface area contributed by atoms with Gasteiger partial charge in [-0.05, 0) is 91.4 Å². The first-order valence-corrected chi connectivity index (χ1v) is 10.5. The van der Waals surface area contributed by atoms with E-state index in [0.29, 0.717) is 17.6 Å². The van der Waals surface area contributed by atoms with Crippen molar-refractivity contribution in [3.8, 4) is 5.75 Å². The summed E-state index contributed by atoms with van der Waals surface area (Å²) in [6.45, 7) is 4.64. The first-order valence-electron chi connectivity index (χ1n) is 10.5. The third-order valence-corrected chi connectivity index (χ3v) is 8.23. The minimum absolute atomic E-state index is 0.107. The Labute approximate surface area is 152 Å². The Bertz CT molecular complexity index is 639. The Kier molecular flexibility index (Phi) is 4.38. The van der Waals surface area contributed by atoms with Gasteiger partial charge >= 0.3 is 0 Å². The molecule has 0 radical (unpaired) electrons. The number of phenols is 1. The van der Waals surface area contributed by atoms with Crippen LogP contribution in [0.15, 0.2) is 18.2 Å². The van der Waals surface area contributed by atoms with E-state index in [0.717, 1.165) is 31.6 Å². The Morgan fingerprint density at radius 1 is 1.12 bits per heavy atom. The normalized spacial score (nSPS) is 39.6. The lowest BCUT2D eigenvalue weighted by Gasteiger charge is -2.53. The van der Waals surface area contributed by atoms with E-state index in [1.165, 1.54) is 49.7 Å². The van der Waals surface area contributed by atoms with E-state index >= 15 is 0 Å². The van der Waals surface area contributed by atoms with Gasteiger partial charge in [0.25, 0.3) is 0 Å². The van der Waals surface area contributed by atoms with E-state index in [4.69, 9.17) is 0 Å². The van der Waals surface area contributed by atoms with Crippen LogP contribution in [0.1, 0.15) is 88.7 Å². The van der Waals surface area contributed by atoms with Gasteiger partial charge in [-0.25, -0.2) is 0 Å². The average molecular weight is 343 g/mol. The Morgan fingerprint density at radius 3 is 2.76 bits per heavy atom. The zero-order valence-corrected chi connectivity index (χ0v) is 15.9. The fraction of sp³-hybridized carbons (Fsp3) is 0.739. The summed E-state index contributed by atoms with van der Waals surface area (Å²) in [6.07, 6.45) is 11.5. The third-order valence-electron chi connectivity index (χ3n) is 8.23. The van der Waals surface area contributed by atoms with Crippen LogP contribution in [0.3, 0.4) is 0 Å². The van der Waals surface area contributed by atoms with Gasteiger partial charge in [0.05, 0.1) is 5.60 Å². The molecule has 1 aromatic carbocycles. The SMILES string of the molecule is CCCCC[C@]1(O)CC[C@H]2[C@@H]3CCc4cc(O)ccc4[C@H]3CC[C@@]21C. The predicted molar refractivity (Wildman–Crippen MR) is 102 cm³/mol. The molecule has 2 heteroatoms. The topological polar surface area (TPSA) is 40.5 Å². The lowest BCUT2D eigenvalue weighted by atomic mass is 9.53. The summed E-state index contributed by atoms with van der Waals surface area (Å²) in [5, 5.41) is 21.4. The molecule has 0 unspecified atom stereocenters. The molecule has 25 heavy (non-hydrogen) atoms. The number of hydrogen-bond acceptors (Lipinski definition) is 2. The molecule has 0 amide bonds. The summed E-state index contributed by atoms with van der Waals surface area (Å²) in [5.74, 6) is 2.43. The Hall–Kier alpha value is -1.02. The standard InChI is InChI=1S/C23H34O2/c1-3-4-5-12-23(25)14-11-21-20-8-6-16-15-17(24)7-9-18(16)19(20)10-13-22(21,23)2/h7,9,15,19-21,24-25H,3-6,8,10-14H2,1-2H3/t19-,20-,21+,22+,23+/m1/s1. The van der Waals surface area contributed by atoms with Crippen LogP contribution in [0.4, 0.5) is 0 Å². The molecule has 2 nitrogen and oxygen atoms in total. The monoisotopic (exact) mass is 342 g/mol. The minimum Gasteiger partial charge on any atom is -0.508 e. The van der Waals surface area contributed by atoms with E-state index in [1.807, 2.05) is 12.1 Å². The number of fused-ring (bicyclic) bond motifs is 5. The van der Waals surface area contributed by atoms with Crippen molar-refractivity contribution in [2.75, 3.05) is 0 Å². The van der Waals surface area contributed by atoms with Gasteiger partial charge < -0.3 is 10.2 Å². The number of hydrogen-bond donors (Lipinski definition) is 2. The van der Waals surface area contributed by atoms with Crippen LogP contribution >= 0.6 is 0 Å². The number of aliphatic hydroxyl groups is 1. The summed E-state index contributed by atoms with van der Waals surface area (Å²) < 4.78 is 0. The molecule has 0 saturated heterocycles. The maximum atomic E-state index is 11.6. The molecule has 3 aliphatic carbocycles. The first kappa shape index (κ1) is 17.4. The fourth-order valence-electron chi connectivity index (χ4n) is 6.76. The van der Waals surface area contributed by atoms with Crippen molar-refractivity contribution >= 4 is 0 Å². The molecule has 5 atom stereocenters. The van der Waals surface area contributed by atoms with Crippen molar-refractivity contribution < 1.29 is 10.2 Å². The number of unbranched alkanes of at least 4 members (excludes halogenated alkanes) is 2. The summed E-state index contributed by atoms with van der Waals surface area (Å²) >= 11 is 0. The zero-order valence-electron chi connectivity index (χ0n) is 15.9. The van der Waals surface area contributed by atoms with Gasteiger partial charge in [0, 0.05) is 0 Å². The highest BCUT2D eigenvalue weighted by atomic mass is 16.3. The highest BCUT2D eigenvalue weighted by molar-refractivity contribution is 5.40. The molecule has 138 valence electrons. The molecule has 0 bridgehead atoms. The highest BCUT2D eigenvalue weighted by Gasteiger charge is 2.60. The van der Waals surface area contributed by atoms with Gasteiger partial charge in [-0.2, -0.15) is 0 Å². The summed E-state index contributed by atoms with van der Waals surface area (Å²) in [7, 11) is 0. The second-order valence-corrected chi connectivity index (χ2v) is 9.28. The van der Waals surface area contributed by atoms with Crippen molar-refractivity contribution in [2.24, 2.45) is 17.3 Å². The molecule has 2 saturated carbocycles. The lowest BCUT2D eigenvalue weighted by molar-refractivity contribution is -0.108. The molecule has 0 aliphatic heterocycles. The quantitative estimate of drug-likeness (QED) is 0.703. The molecule has 2 fully saturated rings. The van der Waals surface area contributed by atoms with Crippen LogP contribution in [-0.2, 0) is 6.42 Å².